The number of ether oxygens (including phenoxy) is 1. The van der Waals surface area contributed by atoms with E-state index in [0.29, 0.717) is 0 Å². The lowest BCUT2D eigenvalue weighted by Gasteiger charge is -2.13. The molecule has 0 radical (unpaired) electrons. The largest absolute Gasteiger partial charge is 0.504 e. The number of pyridine rings is 1. The minimum absolute atomic E-state index is 0.0299. The Hall–Kier alpha value is -5.04. The standard InChI is InChI=1S/C24H20N2O11/c1-26-7-10(20(30)9-4-14(27)15(28)5-13(9)26)11-8-37-17-6-16(29)22(32)19(18(17)21(11)31)24(35)36-3-2-12(25)23(33)34/h4-8,12,27-29,32H,2-3,25H2,1H3,(H,33,34). The van der Waals surface area contributed by atoms with E-state index in [2.05, 4.69) is 0 Å². The number of aliphatic carboxylic acids is 1. The maximum atomic E-state index is 13.5. The number of carbonyl (C=O) groups excluding carboxylic acids is 1. The van der Waals surface area contributed by atoms with Crippen molar-refractivity contribution in [1.82, 2.24) is 4.57 Å². The van der Waals surface area contributed by atoms with Crippen LogP contribution < -0.4 is 16.6 Å². The van der Waals surface area contributed by atoms with Crippen LogP contribution in [-0.4, -0.2) is 54.7 Å². The first-order chi connectivity index (χ1) is 17.4. The molecule has 0 saturated carbocycles. The van der Waals surface area contributed by atoms with E-state index in [9.17, 15) is 39.6 Å². The van der Waals surface area contributed by atoms with Crippen LogP contribution in [0, 0.1) is 0 Å². The second kappa shape index (κ2) is 9.20. The lowest BCUT2D eigenvalue weighted by Crippen LogP contribution is -2.31. The monoisotopic (exact) mass is 512 g/mol. The first-order valence-corrected chi connectivity index (χ1v) is 10.6. The normalized spacial score (nSPS) is 12.1. The van der Waals surface area contributed by atoms with Crippen LogP contribution in [-0.2, 0) is 16.6 Å². The second-order valence-electron chi connectivity index (χ2n) is 8.18. The van der Waals surface area contributed by atoms with Crippen molar-refractivity contribution >= 4 is 33.8 Å². The molecule has 0 aliphatic heterocycles. The zero-order chi connectivity index (χ0) is 27.2. The van der Waals surface area contributed by atoms with E-state index in [1.54, 1.807) is 0 Å². The summed E-state index contributed by atoms with van der Waals surface area (Å²) in [5, 5.41) is 48.4. The van der Waals surface area contributed by atoms with E-state index in [4.69, 9.17) is 20.0 Å². The molecule has 1 atom stereocenters. The summed E-state index contributed by atoms with van der Waals surface area (Å²) in [6.07, 6.45) is 1.95. The van der Waals surface area contributed by atoms with Gasteiger partial charge in [-0.2, -0.15) is 0 Å². The maximum absolute atomic E-state index is 13.5. The van der Waals surface area contributed by atoms with Crippen LogP contribution in [0.1, 0.15) is 16.8 Å². The van der Waals surface area contributed by atoms with Crippen molar-refractivity contribution in [2.24, 2.45) is 12.8 Å². The van der Waals surface area contributed by atoms with E-state index in [0.717, 1.165) is 18.4 Å². The van der Waals surface area contributed by atoms with Gasteiger partial charge < -0.3 is 45.0 Å². The Balaban J connectivity index is 1.91. The Morgan fingerprint density at radius 3 is 2.38 bits per heavy atom. The van der Waals surface area contributed by atoms with Gasteiger partial charge in [0.25, 0.3) is 0 Å². The van der Waals surface area contributed by atoms with Gasteiger partial charge in [0.1, 0.15) is 23.5 Å². The third kappa shape index (κ3) is 4.27. The van der Waals surface area contributed by atoms with Crippen molar-refractivity contribution in [2.75, 3.05) is 6.61 Å². The van der Waals surface area contributed by atoms with E-state index >= 15 is 0 Å². The number of carbonyl (C=O) groups is 2. The number of phenolic OH excluding ortho intramolecular Hbond substituents is 4. The number of hydrogen-bond donors (Lipinski definition) is 6. The van der Waals surface area contributed by atoms with Crippen molar-refractivity contribution in [3.63, 3.8) is 0 Å². The lowest BCUT2D eigenvalue weighted by atomic mass is 10.0. The van der Waals surface area contributed by atoms with Crippen LogP contribution in [0.4, 0.5) is 0 Å². The molecule has 0 spiro atoms. The van der Waals surface area contributed by atoms with Crippen molar-refractivity contribution < 1.29 is 44.3 Å². The van der Waals surface area contributed by atoms with Gasteiger partial charge in [-0.25, -0.2) is 4.79 Å². The molecule has 0 bridgehead atoms. The zero-order valence-electron chi connectivity index (χ0n) is 19.1. The average molecular weight is 512 g/mol. The number of rotatable bonds is 6. The molecule has 13 nitrogen and oxygen atoms in total. The molecule has 2 heterocycles. The van der Waals surface area contributed by atoms with Crippen LogP contribution in [0.15, 0.2) is 44.7 Å². The number of carboxylic acid groups (broad SMARTS) is 1. The van der Waals surface area contributed by atoms with Gasteiger partial charge in [-0.3, -0.25) is 14.4 Å². The van der Waals surface area contributed by atoms with Crippen LogP contribution in [0.5, 0.6) is 23.0 Å². The third-order valence-electron chi connectivity index (χ3n) is 5.78. The number of aromatic nitrogens is 1. The van der Waals surface area contributed by atoms with Crippen LogP contribution in [0.25, 0.3) is 33.0 Å². The summed E-state index contributed by atoms with van der Waals surface area (Å²) in [4.78, 5) is 50.3. The molecule has 0 aliphatic carbocycles. The number of nitrogens with zero attached hydrogens (tertiary/aromatic N) is 1. The number of benzene rings is 2. The Bertz CT molecular complexity index is 1720. The molecule has 4 aromatic rings. The topological polar surface area (TPSA) is 223 Å². The van der Waals surface area contributed by atoms with Gasteiger partial charge in [0.15, 0.2) is 28.4 Å². The van der Waals surface area contributed by atoms with Gasteiger partial charge in [-0.1, -0.05) is 0 Å². The Kier molecular flexibility index (Phi) is 6.23. The van der Waals surface area contributed by atoms with E-state index in [1.165, 1.54) is 23.9 Å². The highest BCUT2D eigenvalue weighted by molar-refractivity contribution is 6.07. The van der Waals surface area contributed by atoms with Crippen LogP contribution in [0.2, 0.25) is 0 Å². The number of aryl methyl sites for hydroxylation is 1. The number of phenols is 4. The minimum atomic E-state index is -1.33. The highest BCUT2D eigenvalue weighted by Gasteiger charge is 2.26. The van der Waals surface area contributed by atoms with Gasteiger partial charge >= 0.3 is 11.9 Å². The Morgan fingerprint density at radius 2 is 1.70 bits per heavy atom. The predicted molar refractivity (Wildman–Crippen MR) is 128 cm³/mol. The van der Waals surface area contributed by atoms with Gasteiger partial charge in [0, 0.05) is 31.8 Å². The van der Waals surface area contributed by atoms with Gasteiger partial charge in [0.2, 0.25) is 5.43 Å². The Labute approximate surface area is 205 Å². The number of hydrogen-bond acceptors (Lipinski definition) is 11. The Morgan fingerprint density at radius 1 is 1.03 bits per heavy atom. The van der Waals surface area contributed by atoms with Crippen molar-refractivity contribution in [2.45, 2.75) is 12.5 Å². The first-order valence-electron chi connectivity index (χ1n) is 10.6. The fourth-order valence-electron chi connectivity index (χ4n) is 3.82. The highest BCUT2D eigenvalue weighted by Crippen LogP contribution is 2.36. The van der Waals surface area contributed by atoms with Crippen molar-refractivity contribution in [3.05, 3.63) is 56.7 Å². The second-order valence-corrected chi connectivity index (χ2v) is 8.18. The molecule has 2 aromatic heterocycles. The number of carboxylic acids is 1. The van der Waals surface area contributed by atoms with E-state index in [-0.39, 0.29) is 34.0 Å². The third-order valence-corrected chi connectivity index (χ3v) is 5.78. The lowest BCUT2D eigenvalue weighted by molar-refractivity contribution is -0.138. The molecule has 0 saturated heterocycles. The van der Waals surface area contributed by atoms with Gasteiger partial charge in [-0.15, -0.1) is 0 Å². The number of fused-ring (bicyclic) bond motifs is 2. The molecule has 1 unspecified atom stereocenters. The summed E-state index contributed by atoms with van der Waals surface area (Å²) in [7, 11) is 1.53. The summed E-state index contributed by atoms with van der Waals surface area (Å²) in [6.45, 7) is -0.477. The zero-order valence-corrected chi connectivity index (χ0v) is 19.1. The molecule has 37 heavy (non-hydrogen) atoms. The maximum Gasteiger partial charge on any atom is 0.342 e. The molecule has 4 rings (SSSR count). The number of esters is 1. The summed E-state index contributed by atoms with van der Waals surface area (Å²) in [5.41, 5.74) is 2.43. The number of aromatic hydroxyl groups is 4. The molecule has 7 N–H and O–H groups in total. The summed E-state index contributed by atoms with van der Waals surface area (Å²) in [6, 6.07) is 1.77. The van der Waals surface area contributed by atoms with E-state index < -0.39 is 69.4 Å². The average Bonchev–Trinajstić information content (AvgIpc) is 2.84. The molecular weight excluding hydrogens is 492 g/mol. The molecule has 192 valence electrons. The summed E-state index contributed by atoms with van der Waals surface area (Å²) in [5.74, 6) is -5.39. The van der Waals surface area contributed by atoms with Crippen LogP contribution >= 0.6 is 0 Å². The summed E-state index contributed by atoms with van der Waals surface area (Å²) < 4.78 is 11.8. The van der Waals surface area contributed by atoms with Crippen molar-refractivity contribution in [1.29, 1.82) is 0 Å². The SMILES string of the molecule is Cn1cc(-c2coc3cc(O)c(O)c(C(=O)OCCC(N)C(=O)O)c3c2=O)c(=O)c2cc(O)c(O)cc21. The summed E-state index contributed by atoms with van der Waals surface area (Å²) >= 11 is 0. The van der Waals surface area contributed by atoms with Crippen molar-refractivity contribution in [3.8, 4) is 34.1 Å². The quantitative estimate of drug-likeness (QED) is 0.158. The molecule has 2 aromatic carbocycles. The molecular formula is C24H20N2O11. The smallest absolute Gasteiger partial charge is 0.342 e. The fraction of sp³-hybridized carbons (Fsp3) is 0.167. The first kappa shape index (κ1) is 25.1. The predicted octanol–water partition coefficient (Wildman–Crippen LogP) is 1.09. The van der Waals surface area contributed by atoms with E-state index in [1.807, 2.05) is 0 Å². The fourth-order valence-corrected chi connectivity index (χ4v) is 3.82. The molecule has 0 amide bonds. The van der Waals surface area contributed by atoms with Gasteiger partial charge in [-0.05, 0) is 6.07 Å². The highest BCUT2D eigenvalue weighted by atomic mass is 16.5. The molecule has 13 heteroatoms. The van der Waals surface area contributed by atoms with Crippen LogP contribution in [0.3, 0.4) is 0 Å². The minimum Gasteiger partial charge on any atom is -0.504 e. The number of nitrogens with two attached hydrogens (primary N) is 1. The molecule has 0 aliphatic rings. The van der Waals surface area contributed by atoms with Gasteiger partial charge in [0.05, 0.1) is 34.0 Å². The molecule has 0 fully saturated rings.